The maximum absolute atomic E-state index is 12.0. The van der Waals surface area contributed by atoms with Gasteiger partial charge in [0.25, 0.3) is 5.91 Å². The predicted molar refractivity (Wildman–Crippen MR) is 82.0 cm³/mol. The van der Waals surface area contributed by atoms with E-state index < -0.39 is 0 Å². The molecule has 0 radical (unpaired) electrons. The summed E-state index contributed by atoms with van der Waals surface area (Å²) in [5, 5.41) is 3.02. The molecule has 0 atom stereocenters. The van der Waals surface area contributed by atoms with Crippen molar-refractivity contribution >= 4 is 27.5 Å². The Balaban J connectivity index is 1.85. The molecule has 1 aromatic rings. The van der Waals surface area contributed by atoms with Gasteiger partial charge in [0, 0.05) is 22.3 Å². The summed E-state index contributed by atoms with van der Waals surface area (Å²) in [6.07, 6.45) is 5.02. The van der Waals surface area contributed by atoms with Crippen molar-refractivity contribution in [2.75, 3.05) is 12.3 Å². The zero-order valence-corrected chi connectivity index (χ0v) is 12.9. The van der Waals surface area contributed by atoms with Crippen LogP contribution >= 0.6 is 15.9 Å². The second-order valence-electron chi connectivity index (χ2n) is 5.57. The number of hydrogen-bond donors (Lipinski definition) is 2. The Morgan fingerprint density at radius 1 is 1.37 bits per heavy atom. The Morgan fingerprint density at radius 2 is 2.05 bits per heavy atom. The van der Waals surface area contributed by atoms with E-state index in [1.165, 1.54) is 25.7 Å². The Kier molecular flexibility index (Phi) is 4.86. The van der Waals surface area contributed by atoms with E-state index in [4.69, 9.17) is 5.73 Å². The summed E-state index contributed by atoms with van der Waals surface area (Å²) in [6, 6.07) is 5.31. The van der Waals surface area contributed by atoms with Crippen LogP contribution in [0, 0.1) is 11.8 Å². The number of anilines is 1. The van der Waals surface area contributed by atoms with Crippen molar-refractivity contribution in [1.29, 1.82) is 0 Å². The van der Waals surface area contributed by atoms with E-state index in [1.807, 2.05) is 6.07 Å². The van der Waals surface area contributed by atoms with Crippen LogP contribution in [0.4, 0.5) is 5.69 Å². The summed E-state index contributed by atoms with van der Waals surface area (Å²) in [5.41, 5.74) is 7.01. The summed E-state index contributed by atoms with van der Waals surface area (Å²) in [7, 11) is 0. The first-order valence-electron chi connectivity index (χ1n) is 6.89. The van der Waals surface area contributed by atoms with E-state index in [0.717, 1.165) is 16.9 Å². The van der Waals surface area contributed by atoms with Crippen LogP contribution in [0.25, 0.3) is 0 Å². The van der Waals surface area contributed by atoms with Crippen molar-refractivity contribution in [3.05, 3.63) is 28.2 Å². The van der Waals surface area contributed by atoms with Gasteiger partial charge in [-0.2, -0.15) is 0 Å². The molecule has 0 aliphatic heterocycles. The number of carbonyl (C=O) groups excluding carboxylic acids is 1. The van der Waals surface area contributed by atoms with Crippen LogP contribution < -0.4 is 11.1 Å². The minimum atomic E-state index is -0.0298. The lowest BCUT2D eigenvalue weighted by Gasteiger charge is -2.26. The molecule has 104 valence electrons. The molecular weight excluding hydrogens is 304 g/mol. The first-order valence-corrected chi connectivity index (χ1v) is 7.68. The van der Waals surface area contributed by atoms with Crippen molar-refractivity contribution in [3.8, 4) is 0 Å². The van der Waals surface area contributed by atoms with Crippen LogP contribution in [0.15, 0.2) is 22.7 Å². The van der Waals surface area contributed by atoms with E-state index in [-0.39, 0.29) is 5.91 Å². The standard InChI is InChI=1S/C15H21BrN2O/c1-10-2-4-11(5-3-10)9-18-15(19)12-6-7-13(16)14(17)8-12/h6-8,10-11H,2-5,9,17H2,1H3,(H,18,19). The first-order chi connectivity index (χ1) is 9.06. The van der Waals surface area contributed by atoms with Crippen molar-refractivity contribution < 1.29 is 4.79 Å². The average molecular weight is 325 g/mol. The predicted octanol–water partition coefficient (Wildman–Crippen LogP) is 3.59. The molecule has 1 saturated carbocycles. The number of amides is 1. The van der Waals surface area contributed by atoms with E-state index in [2.05, 4.69) is 28.2 Å². The molecule has 4 heteroatoms. The second kappa shape index (κ2) is 6.42. The molecule has 1 amide bonds. The molecule has 0 spiro atoms. The number of rotatable bonds is 3. The summed E-state index contributed by atoms with van der Waals surface area (Å²) in [6.45, 7) is 3.08. The third kappa shape index (κ3) is 3.96. The summed E-state index contributed by atoms with van der Waals surface area (Å²) in [5.74, 6) is 1.45. The van der Waals surface area contributed by atoms with Gasteiger partial charge in [-0.25, -0.2) is 0 Å². The molecule has 3 N–H and O–H groups in total. The largest absolute Gasteiger partial charge is 0.398 e. The fourth-order valence-corrected chi connectivity index (χ4v) is 2.80. The van der Waals surface area contributed by atoms with Crippen LogP contribution in [0.3, 0.4) is 0 Å². The zero-order chi connectivity index (χ0) is 13.8. The molecular formula is C15H21BrN2O. The highest BCUT2D eigenvalue weighted by Crippen LogP contribution is 2.27. The van der Waals surface area contributed by atoms with E-state index in [9.17, 15) is 4.79 Å². The first kappa shape index (κ1) is 14.4. The molecule has 0 unspecified atom stereocenters. The summed E-state index contributed by atoms with van der Waals surface area (Å²) >= 11 is 3.33. The smallest absolute Gasteiger partial charge is 0.251 e. The molecule has 0 saturated heterocycles. The number of hydrogen-bond acceptors (Lipinski definition) is 2. The third-order valence-corrected chi connectivity index (χ3v) is 4.67. The summed E-state index contributed by atoms with van der Waals surface area (Å²) in [4.78, 5) is 12.0. The maximum atomic E-state index is 12.0. The summed E-state index contributed by atoms with van der Waals surface area (Å²) < 4.78 is 0.824. The molecule has 1 aromatic carbocycles. The fourth-order valence-electron chi connectivity index (χ4n) is 2.56. The zero-order valence-electron chi connectivity index (χ0n) is 11.3. The number of nitrogen functional groups attached to an aromatic ring is 1. The van der Waals surface area contributed by atoms with Gasteiger partial charge in [-0.1, -0.05) is 19.8 Å². The normalized spacial score (nSPS) is 23.1. The van der Waals surface area contributed by atoms with Gasteiger partial charge in [0.1, 0.15) is 0 Å². The molecule has 1 aliphatic carbocycles. The molecule has 1 aliphatic rings. The van der Waals surface area contributed by atoms with Crippen molar-refractivity contribution in [2.24, 2.45) is 11.8 Å². The Morgan fingerprint density at radius 3 is 2.68 bits per heavy atom. The molecule has 0 bridgehead atoms. The van der Waals surface area contributed by atoms with Gasteiger partial charge < -0.3 is 11.1 Å². The van der Waals surface area contributed by atoms with Crippen LogP contribution in [0.1, 0.15) is 43.0 Å². The Hall–Kier alpha value is -1.03. The van der Waals surface area contributed by atoms with Crippen LogP contribution in [-0.2, 0) is 0 Å². The number of halogens is 1. The lowest BCUT2D eigenvalue weighted by molar-refractivity contribution is 0.0942. The topological polar surface area (TPSA) is 55.1 Å². The quantitative estimate of drug-likeness (QED) is 0.835. The van der Waals surface area contributed by atoms with E-state index in [1.54, 1.807) is 12.1 Å². The van der Waals surface area contributed by atoms with Gasteiger partial charge in [-0.3, -0.25) is 4.79 Å². The van der Waals surface area contributed by atoms with Gasteiger partial charge in [-0.15, -0.1) is 0 Å². The minimum Gasteiger partial charge on any atom is -0.398 e. The van der Waals surface area contributed by atoms with Gasteiger partial charge in [-0.05, 0) is 58.8 Å². The highest BCUT2D eigenvalue weighted by molar-refractivity contribution is 9.10. The highest BCUT2D eigenvalue weighted by atomic mass is 79.9. The molecule has 19 heavy (non-hydrogen) atoms. The van der Waals surface area contributed by atoms with E-state index in [0.29, 0.717) is 17.2 Å². The van der Waals surface area contributed by atoms with Crippen LogP contribution in [0.2, 0.25) is 0 Å². The van der Waals surface area contributed by atoms with Crippen molar-refractivity contribution in [1.82, 2.24) is 5.32 Å². The molecule has 2 rings (SSSR count). The van der Waals surface area contributed by atoms with Gasteiger partial charge in [0.05, 0.1) is 0 Å². The van der Waals surface area contributed by atoms with Crippen LogP contribution in [0.5, 0.6) is 0 Å². The SMILES string of the molecule is CC1CCC(CNC(=O)c2ccc(Br)c(N)c2)CC1. The Bertz CT molecular complexity index is 453. The monoisotopic (exact) mass is 324 g/mol. The van der Waals surface area contributed by atoms with Crippen molar-refractivity contribution in [2.45, 2.75) is 32.6 Å². The second-order valence-corrected chi connectivity index (χ2v) is 6.43. The number of nitrogens with one attached hydrogen (secondary N) is 1. The maximum Gasteiger partial charge on any atom is 0.251 e. The van der Waals surface area contributed by atoms with Gasteiger partial charge >= 0.3 is 0 Å². The van der Waals surface area contributed by atoms with Crippen LogP contribution in [-0.4, -0.2) is 12.5 Å². The lowest BCUT2D eigenvalue weighted by atomic mass is 9.83. The number of benzene rings is 1. The number of carbonyl (C=O) groups is 1. The molecule has 3 nitrogen and oxygen atoms in total. The minimum absolute atomic E-state index is 0.0298. The highest BCUT2D eigenvalue weighted by Gasteiger charge is 2.18. The van der Waals surface area contributed by atoms with Gasteiger partial charge in [0.15, 0.2) is 0 Å². The molecule has 0 aromatic heterocycles. The molecule has 1 fully saturated rings. The average Bonchev–Trinajstić information content (AvgIpc) is 2.41. The van der Waals surface area contributed by atoms with E-state index >= 15 is 0 Å². The van der Waals surface area contributed by atoms with Gasteiger partial charge in [0.2, 0.25) is 0 Å². The van der Waals surface area contributed by atoms with Crippen molar-refractivity contribution in [3.63, 3.8) is 0 Å². The Labute approximate surface area is 123 Å². The lowest BCUT2D eigenvalue weighted by Crippen LogP contribution is -2.31. The fraction of sp³-hybridized carbons (Fsp3) is 0.533. The third-order valence-electron chi connectivity index (χ3n) is 3.94. The number of nitrogens with two attached hydrogens (primary N) is 1. The molecule has 0 heterocycles.